The first-order valence-corrected chi connectivity index (χ1v) is 8.78. The Balaban J connectivity index is 1.65. The number of carbonyl (C=O) groups excluding carboxylic acids is 2. The molecule has 3 rings (SSSR count). The van der Waals surface area contributed by atoms with Gasteiger partial charge in [-0.15, -0.1) is 10.2 Å². The Bertz CT molecular complexity index is 947. The van der Waals surface area contributed by atoms with Crippen molar-refractivity contribution >= 4 is 29.1 Å². The van der Waals surface area contributed by atoms with Gasteiger partial charge >= 0.3 is 0 Å². The second-order valence-electron chi connectivity index (χ2n) is 5.65. The van der Waals surface area contributed by atoms with Gasteiger partial charge in [-0.25, -0.2) is 0 Å². The highest BCUT2D eigenvalue weighted by Gasteiger charge is 2.20. The number of ketones is 1. The van der Waals surface area contributed by atoms with Gasteiger partial charge in [0, 0.05) is 11.3 Å². The summed E-state index contributed by atoms with van der Waals surface area (Å²) in [5.41, 5.74) is 1.83. The number of rotatable bonds is 6. The van der Waals surface area contributed by atoms with Crippen LogP contribution in [-0.4, -0.2) is 27.1 Å². The van der Waals surface area contributed by atoms with Gasteiger partial charge in [0.1, 0.15) is 5.76 Å². The molecule has 0 saturated carbocycles. The average Bonchev–Trinajstić information content (AvgIpc) is 3.23. The molecular weight excluding hydrogens is 354 g/mol. The van der Waals surface area contributed by atoms with E-state index in [4.69, 9.17) is 8.83 Å². The minimum Gasteiger partial charge on any atom is -0.469 e. The molecule has 1 atom stereocenters. The molecule has 7 nitrogen and oxygen atoms in total. The minimum atomic E-state index is -0.463. The third-order valence-electron chi connectivity index (χ3n) is 3.68. The third kappa shape index (κ3) is 4.02. The van der Waals surface area contributed by atoms with Crippen LogP contribution in [0.15, 0.2) is 50.7 Å². The van der Waals surface area contributed by atoms with Crippen LogP contribution in [0.1, 0.15) is 30.0 Å². The van der Waals surface area contributed by atoms with E-state index in [2.05, 4.69) is 15.5 Å². The molecule has 1 unspecified atom stereocenters. The Kier molecular flexibility index (Phi) is 5.22. The van der Waals surface area contributed by atoms with Gasteiger partial charge in [0.25, 0.3) is 11.1 Å². The van der Waals surface area contributed by atoms with E-state index in [0.717, 1.165) is 17.3 Å². The Morgan fingerprint density at radius 3 is 2.73 bits per heavy atom. The van der Waals surface area contributed by atoms with Crippen molar-refractivity contribution in [3.8, 4) is 11.5 Å². The minimum absolute atomic E-state index is 0.0588. The van der Waals surface area contributed by atoms with Crippen molar-refractivity contribution in [2.75, 3.05) is 5.32 Å². The van der Waals surface area contributed by atoms with Crippen molar-refractivity contribution in [2.24, 2.45) is 0 Å². The molecule has 3 aromatic rings. The molecule has 26 heavy (non-hydrogen) atoms. The zero-order chi connectivity index (χ0) is 18.7. The quantitative estimate of drug-likeness (QED) is 0.517. The SMILES string of the molecule is CC(=O)c1cccc(NC(=O)C(C)Sc2nnc(-c3ccoc3C)o2)c1. The van der Waals surface area contributed by atoms with Crippen LogP contribution < -0.4 is 5.32 Å². The number of carbonyl (C=O) groups is 2. The second-order valence-corrected chi connectivity index (χ2v) is 6.94. The molecule has 0 spiro atoms. The van der Waals surface area contributed by atoms with E-state index in [1.165, 1.54) is 6.92 Å². The van der Waals surface area contributed by atoms with E-state index in [1.807, 2.05) is 0 Å². The average molecular weight is 371 g/mol. The van der Waals surface area contributed by atoms with Gasteiger partial charge in [0.05, 0.1) is 17.1 Å². The molecule has 0 aliphatic rings. The standard InChI is InChI=1S/C18H17N3O4S/c1-10(22)13-5-4-6-14(9-13)19-16(23)12(3)26-18-21-20-17(25-18)15-7-8-24-11(15)2/h4-9,12H,1-3H3,(H,19,23). The summed E-state index contributed by atoms with van der Waals surface area (Å²) >= 11 is 1.16. The summed E-state index contributed by atoms with van der Waals surface area (Å²) in [5.74, 6) is 0.744. The highest BCUT2D eigenvalue weighted by atomic mass is 32.2. The lowest BCUT2D eigenvalue weighted by Crippen LogP contribution is -2.22. The van der Waals surface area contributed by atoms with Crippen LogP contribution in [-0.2, 0) is 4.79 Å². The Hall–Kier alpha value is -2.87. The van der Waals surface area contributed by atoms with E-state index in [-0.39, 0.29) is 11.7 Å². The van der Waals surface area contributed by atoms with Crippen molar-refractivity contribution in [3.05, 3.63) is 47.9 Å². The number of aromatic nitrogens is 2. The number of hydrogen-bond donors (Lipinski definition) is 1. The number of amides is 1. The molecule has 1 amide bonds. The largest absolute Gasteiger partial charge is 0.469 e. The van der Waals surface area contributed by atoms with Crippen LogP contribution in [0.2, 0.25) is 0 Å². The fourth-order valence-electron chi connectivity index (χ4n) is 2.24. The van der Waals surface area contributed by atoms with E-state index < -0.39 is 5.25 Å². The Morgan fingerprint density at radius 2 is 2.04 bits per heavy atom. The molecule has 0 radical (unpaired) electrons. The van der Waals surface area contributed by atoms with E-state index in [9.17, 15) is 9.59 Å². The summed E-state index contributed by atoms with van der Waals surface area (Å²) in [6.07, 6.45) is 1.55. The lowest BCUT2D eigenvalue weighted by Gasteiger charge is -2.10. The van der Waals surface area contributed by atoms with Crippen molar-refractivity contribution in [1.29, 1.82) is 0 Å². The molecule has 0 saturated heterocycles. The first-order chi connectivity index (χ1) is 12.4. The summed E-state index contributed by atoms with van der Waals surface area (Å²) in [5, 5.41) is 10.6. The molecular formula is C18H17N3O4S. The monoisotopic (exact) mass is 371 g/mol. The van der Waals surface area contributed by atoms with Crippen molar-refractivity contribution in [2.45, 2.75) is 31.2 Å². The maximum atomic E-state index is 12.4. The lowest BCUT2D eigenvalue weighted by atomic mass is 10.1. The first-order valence-electron chi connectivity index (χ1n) is 7.90. The maximum Gasteiger partial charge on any atom is 0.277 e. The highest BCUT2D eigenvalue weighted by molar-refractivity contribution is 8.00. The van der Waals surface area contributed by atoms with Crippen LogP contribution in [0.25, 0.3) is 11.5 Å². The topological polar surface area (TPSA) is 98.2 Å². The Labute approximate surface area is 154 Å². The summed E-state index contributed by atoms with van der Waals surface area (Å²) in [7, 11) is 0. The predicted molar refractivity (Wildman–Crippen MR) is 97.1 cm³/mol. The molecule has 1 aromatic carbocycles. The number of nitrogens with one attached hydrogen (secondary N) is 1. The van der Waals surface area contributed by atoms with Crippen LogP contribution >= 0.6 is 11.8 Å². The number of nitrogens with zero attached hydrogens (tertiary/aromatic N) is 2. The van der Waals surface area contributed by atoms with Crippen LogP contribution in [0.5, 0.6) is 0 Å². The molecule has 134 valence electrons. The molecule has 8 heteroatoms. The zero-order valence-electron chi connectivity index (χ0n) is 14.5. The summed E-state index contributed by atoms with van der Waals surface area (Å²) in [6, 6.07) is 8.55. The van der Waals surface area contributed by atoms with Gasteiger partial charge in [0.2, 0.25) is 5.91 Å². The number of furan rings is 1. The Morgan fingerprint density at radius 1 is 1.23 bits per heavy atom. The van der Waals surface area contributed by atoms with Crippen molar-refractivity contribution in [3.63, 3.8) is 0 Å². The van der Waals surface area contributed by atoms with Crippen molar-refractivity contribution < 1.29 is 18.4 Å². The molecule has 2 aromatic heterocycles. The van der Waals surface area contributed by atoms with Gasteiger partial charge < -0.3 is 14.2 Å². The molecule has 0 bridgehead atoms. The summed E-state index contributed by atoms with van der Waals surface area (Å²) in [6.45, 7) is 5.02. The number of thioether (sulfide) groups is 1. The third-order valence-corrected chi connectivity index (χ3v) is 4.61. The number of anilines is 1. The van der Waals surface area contributed by atoms with Gasteiger partial charge in [-0.3, -0.25) is 9.59 Å². The number of hydrogen-bond acceptors (Lipinski definition) is 7. The highest BCUT2D eigenvalue weighted by Crippen LogP contribution is 2.28. The van der Waals surface area contributed by atoms with Crippen LogP contribution in [0.4, 0.5) is 5.69 Å². The van der Waals surface area contributed by atoms with Gasteiger partial charge in [-0.2, -0.15) is 0 Å². The fourth-order valence-corrected chi connectivity index (χ4v) is 2.92. The number of Topliss-reactive ketones (excluding diaryl/α,β-unsaturated/α-hetero) is 1. The van der Waals surface area contributed by atoms with E-state index in [0.29, 0.717) is 28.1 Å². The molecule has 2 heterocycles. The van der Waals surface area contributed by atoms with E-state index >= 15 is 0 Å². The van der Waals surface area contributed by atoms with Crippen LogP contribution in [0, 0.1) is 6.92 Å². The second kappa shape index (κ2) is 7.57. The van der Waals surface area contributed by atoms with Crippen LogP contribution in [0.3, 0.4) is 0 Å². The van der Waals surface area contributed by atoms with Gasteiger partial charge in [-0.05, 0) is 39.0 Å². The lowest BCUT2D eigenvalue weighted by molar-refractivity contribution is -0.115. The molecule has 0 aliphatic carbocycles. The first kappa shape index (κ1) is 17.9. The predicted octanol–water partition coefficient (Wildman–Crippen LogP) is 3.96. The van der Waals surface area contributed by atoms with Crippen molar-refractivity contribution in [1.82, 2.24) is 10.2 Å². The molecule has 0 fully saturated rings. The maximum absolute atomic E-state index is 12.4. The number of aryl methyl sites for hydroxylation is 1. The van der Waals surface area contributed by atoms with E-state index in [1.54, 1.807) is 50.4 Å². The zero-order valence-corrected chi connectivity index (χ0v) is 15.3. The molecule has 1 N–H and O–H groups in total. The summed E-state index contributed by atoms with van der Waals surface area (Å²) < 4.78 is 10.8. The smallest absolute Gasteiger partial charge is 0.277 e. The van der Waals surface area contributed by atoms with Gasteiger partial charge in [0.15, 0.2) is 5.78 Å². The fraction of sp³-hybridized carbons (Fsp3) is 0.222. The number of benzene rings is 1. The van der Waals surface area contributed by atoms with Gasteiger partial charge in [-0.1, -0.05) is 23.9 Å². The normalized spacial score (nSPS) is 12.0. The summed E-state index contributed by atoms with van der Waals surface area (Å²) in [4.78, 5) is 23.8. The molecule has 0 aliphatic heterocycles.